The molecule has 0 bridgehead atoms. The monoisotopic (exact) mass is 210 g/mol. The summed E-state index contributed by atoms with van der Waals surface area (Å²) in [5.74, 6) is 0.604. The van der Waals surface area contributed by atoms with Gasteiger partial charge in [0.15, 0.2) is 0 Å². The fourth-order valence-electron chi connectivity index (χ4n) is 0.446. The number of thioether (sulfide) groups is 1. The van der Waals surface area contributed by atoms with Crippen LogP contribution < -0.4 is 0 Å². The summed E-state index contributed by atoms with van der Waals surface area (Å²) in [7, 11) is 0. The standard InChI is InChI=1S/C5H7ClN2OS2/c1-3(9)2-10-5-7-4(6)11-8-5/h3,9H,2H2,1H3. The average molecular weight is 211 g/mol. The van der Waals surface area contributed by atoms with Crippen molar-refractivity contribution in [3.63, 3.8) is 0 Å². The molecule has 0 saturated heterocycles. The largest absolute Gasteiger partial charge is 0.393 e. The van der Waals surface area contributed by atoms with Crippen molar-refractivity contribution in [1.29, 1.82) is 0 Å². The third-order valence-electron chi connectivity index (χ3n) is 0.836. The van der Waals surface area contributed by atoms with E-state index in [0.717, 1.165) is 11.5 Å². The van der Waals surface area contributed by atoms with Crippen molar-refractivity contribution in [3.8, 4) is 0 Å². The SMILES string of the molecule is CC(O)CSc1nsc(Cl)n1. The molecular weight excluding hydrogens is 204 g/mol. The highest BCUT2D eigenvalue weighted by Gasteiger charge is 2.03. The van der Waals surface area contributed by atoms with Crippen LogP contribution in [0.3, 0.4) is 0 Å². The molecule has 0 fully saturated rings. The number of hydrogen-bond donors (Lipinski definition) is 1. The van der Waals surface area contributed by atoms with E-state index in [4.69, 9.17) is 16.7 Å². The zero-order valence-electron chi connectivity index (χ0n) is 5.82. The van der Waals surface area contributed by atoms with Gasteiger partial charge < -0.3 is 5.11 Å². The van der Waals surface area contributed by atoms with E-state index in [9.17, 15) is 0 Å². The van der Waals surface area contributed by atoms with E-state index in [1.165, 1.54) is 11.8 Å². The third kappa shape index (κ3) is 3.37. The molecule has 0 aliphatic heterocycles. The lowest BCUT2D eigenvalue weighted by atomic mass is 10.5. The van der Waals surface area contributed by atoms with Gasteiger partial charge in [-0.1, -0.05) is 11.8 Å². The zero-order valence-corrected chi connectivity index (χ0v) is 8.21. The molecule has 0 radical (unpaired) electrons. The molecule has 62 valence electrons. The molecule has 1 aromatic heterocycles. The molecule has 3 nitrogen and oxygen atoms in total. The molecule has 1 N–H and O–H groups in total. The van der Waals surface area contributed by atoms with Gasteiger partial charge in [-0.2, -0.15) is 9.36 Å². The van der Waals surface area contributed by atoms with Crippen molar-refractivity contribution >= 4 is 34.9 Å². The van der Waals surface area contributed by atoms with Gasteiger partial charge in [0.05, 0.1) is 6.10 Å². The lowest BCUT2D eigenvalue weighted by Crippen LogP contribution is -2.02. The van der Waals surface area contributed by atoms with Crippen LogP contribution in [0.15, 0.2) is 5.16 Å². The number of aliphatic hydroxyl groups excluding tert-OH is 1. The first kappa shape index (κ1) is 9.25. The first-order valence-corrected chi connectivity index (χ1v) is 5.12. The Morgan fingerprint density at radius 1 is 1.82 bits per heavy atom. The Hall–Kier alpha value is 0.160. The minimum Gasteiger partial charge on any atom is -0.393 e. The van der Waals surface area contributed by atoms with Gasteiger partial charge in [0.2, 0.25) is 9.62 Å². The molecule has 1 aromatic rings. The smallest absolute Gasteiger partial charge is 0.204 e. The fourth-order valence-corrected chi connectivity index (χ4v) is 1.93. The highest BCUT2D eigenvalue weighted by atomic mass is 35.5. The van der Waals surface area contributed by atoms with Gasteiger partial charge in [0, 0.05) is 5.75 Å². The summed E-state index contributed by atoms with van der Waals surface area (Å²) >= 11 is 8.11. The van der Waals surface area contributed by atoms with Crippen LogP contribution in [0.4, 0.5) is 0 Å². The number of rotatable bonds is 3. The number of nitrogens with zero attached hydrogens (tertiary/aromatic N) is 2. The molecule has 0 spiro atoms. The second kappa shape index (κ2) is 4.25. The Morgan fingerprint density at radius 2 is 2.55 bits per heavy atom. The lowest BCUT2D eigenvalue weighted by Gasteiger charge is -1.98. The Morgan fingerprint density at radius 3 is 3.00 bits per heavy atom. The topological polar surface area (TPSA) is 46.0 Å². The molecule has 0 saturated carbocycles. The molecule has 1 rings (SSSR count). The van der Waals surface area contributed by atoms with E-state index in [2.05, 4.69) is 9.36 Å². The van der Waals surface area contributed by atoms with E-state index < -0.39 is 0 Å². The maximum atomic E-state index is 8.91. The highest BCUT2D eigenvalue weighted by Crippen LogP contribution is 2.19. The van der Waals surface area contributed by atoms with Crippen molar-refractivity contribution < 1.29 is 5.11 Å². The highest BCUT2D eigenvalue weighted by molar-refractivity contribution is 7.99. The van der Waals surface area contributed by atoms with E-state index in [-0.39, 0.29) is 6.10 Å². The van der Waals surface area contributed by atoms with Gasteiger partial charge in [0.1, 0.15) is 0 Å². The Bertz CT molecular complexity index is 228. The number of aromatic nitrogens is 2. The molecule has 1 atom stereocenters. The molecule has 1 heterocycles. The van der Waals surface area contributed by atoms with Crippen LogP contribution in [0.5, 0.6) is 0 Å². The van der Waals surface area contributed by atoms with E-state index in [1.807, 2.05) is 0 Å². The first-order valence-electron chi connectivity index (χ1n) is 2.98. The maximum Gasteiger partial charge on any atom is 0.204 e. The summed E-state index contributed by atoms with van der Waals surface area (Å²) in [6.45, 7) is 1.72. The molecule has 0 amide bonds. The molecule has 0 aromatic carbocycles. The van der Waals surface area contributed by atoms with Crippen LogP contribution in [-0.4, -0.2) is 26.3 Å². The second-order valence-corrected chi connectivity index (χ2v) is 4.31. The van der Waals surface area contributed by atoms with Gasteiger partial charge in [-0.3, -0.25) is 0 Å². The summed E-state index contributed by atoms with van der Waals surface area (Å²) in [5.41, 5.74) is 0. The van der Waals surface area contributed by atoms with E-state index >= 15 is 0 Å². The third-order valence-corrected chi connectivity index (χ3v) is 2.84. The van der Waals surface area contributed by atoms with Gasteiger partial charge in [-0.15, -0.1) is 0 Å². The summed E-state index contributed by atoms with van der Waals surface area (Å²) < 4.78 is 4.38. The van der Waals surface area contributed by atoms with E-state index in [0.29, 0.717) is 15.4 Å². The average Bonchev–Trinajstić information content (AvgIpc) is 2.31. The summed E-state index contributed by atoms with van der Waals surface area (Å²) in [6.07, 6.45) is -0.331. The normalized spacial score (nSPS) is 13.4. The lowest BCUT2D eigenvalue weighted by molar-refractivity contribution is 0.220. The molecule has 11 heavy (non-hydrogen) atoms. The van der Waals surface area contributed by atoms with Crippen molar-refractivity contribution in [2.75, 3.05) is 5.75 Å². The number of hydrogen-bond acceptors (Lipinski definition) is 5. The second-order valence-electron chi connectivity index (χ2n) is 1.99. The molecule has 1 unspecified atom stereocenters. The summed E-state index contributed by atoms with van der Waals surface area (Å²) in [5, 5.41) is 9.55. The van der Waals surface area contributed by atoms with E-state index in [1.54, 1.807) is 6.92 Å². The Balaban J connectivity index is 2.39. The zero-order chi connectivity index (χ0) is 8.27. The molecule has 0 aliphatic rings. The summed E-state index contributed by atoms with van der Waals surface area (Å²) in [6, 6.07) is 0. The minimum absolute atomic E-state index is 0.331. The maximum absolute atomic E-state index is 8.91. The van der Waals surface area contributed by atoms with Crippen molar-refractivity contribution in [1.82, 2.24) is 9.36 Å². The van der Waals surface area contributed by atoms with Crippen LogP contribution in [0.2, 0.25) is 4.47 Å². The van der Waals surface area contributed by atoms with Crippen LogP contribution in [0.1, 0.15) is 6.92 Å². The number of halogens is 1. The van der Waals surface area contributed by atoms with Crippen molar-refractivity contribution in [2.45, 2.75) is 18.2 Å². The van der Waals surface area contributed by atoms with Gasteiger partial charge in [0.25, 0.3) is 0 Å². The summed E-state index contributed by atoms with van der Waals surface area (Å²) in [4.78, 5) is 3.91. The quantitative estimate of drug-likeness (QED) is 0.771. The van der Waals surface area contributed by atoms with Gasteiger partial charge >= 0.3 is 0 Å². The Labute approximate surface area is 78.0 Å². The molecule has 0 aliphatic carbocycles. The van der Waals surface area contributed by atoms with Crippen LogP contribution in [0.25, 0.3) is 0 Å². The first-order chi connectivity index (χ1) is 5.18. The minimum atomic E-state index is -0.331. The predicted molar refractivity (Wildman–Crippen MR) is 47.3 cm³/mol. The molecular formula is C5H7ClN2OS2. The number of aliphatic hydroxyl groups is 1. The predicted octanol–water partition coefficient (Wildman–Crippen LogP) is 1.66. The Kier molecular flexibility index (Phi) is 3.58. The molecule has 6 heteroatoms. The van der Waals surface area contributed by atoms with Gasteiger partial charge in [-0.25, -0.2) is 0 Å². The fraction of sp³-hybridized carbons (Fsp3) is 0.600. The van der Waals surface area contributed by atoms with Crippen molar-refractivity contribution in [3.05, 3.63) is 4.47 Å². The van der Waals surface area contributed by atoms with Crippen LogP contribution in [0, 0.1) is 0 Å². The van der Waals surface area contributed by atoms with Crippen molar-refractivity contribution in [2.24, 2.45) is 0 Å². The van der Waals surface area contributed by atoms with Gasteiger partial charge in [-0.05, 0) is 30.1 Å². The van der Waals surface area contributed by atoms with Crippen LogP contribution in [-0.2, 0) is 0 Å². The van der Waals surface area contributed by atoms with Crippen LogP contribution >= 0.6 is 34.9 Å².